The maximum atomic E-state index is 12.6. The van der Waals surface area contributed by atoms with Crippen molar-refractivity contribution < 1.29 is 4.79 Å². The maximum absolute atomic E-state index is 12.6. The lowest BCUT2D eigenvalue weighted by Crippen LogP contribution is -2.40. The molecule has 0 bridgehead atoms. The molecule has 2 aromatic rings. The van der Waals surface area contributed by atoms with Gasteiger partial charge in [0, 0.05) is 49.4 Å². The first-order valence-electron chi connectivity index (χ1n) is 10.6. The van der Waals surface area contributed by atoms with Gasteiger partial charge in [-0.05, 0) is 75.9 Å². The van der Waals surface area contributed by atoms with Gasteiger partial charge in [0.25, 0.3) is 0 Å². The molecule has 2 aliphatic rings. The first-order valence-corrected chi connectivity index (χ1v) is 10.6. The van der Waals surface area contributed by atoms with Crippen LogP contribution in [0, 0.1) is 19.8 Å². The van der Waals surface area contributed by atoms with Gasteiger partial charge in [0.05, 0.1) is 5.52 Å². The number of pyridine rings is 1. The first-order chi connectivity index (χ1) is 13.5. The van der Waals surface area contributed by atoms with E-state index in [1.54, 1.807) is 0 Å². The van der Waals surface area contributed by atoms with Crippen molar-refractivity contribution in [2.75, 3.05) is 38.1 Å². The topological polar surface area (TPSA) is 48.5 Å². The number of benzene rings is 1. The van der Waals surface area contributed by atoms with Crippen LogP contribution in [0.5, 0.6) is 0 Å². The minimum Gasteiger partial charge on any atom is -0.369 e. The number of hydrogen-bond acceptors (Lipinski definition) is 4. The van der Waals surface area contributed by atoms with Gasteiger partial charge in [0.15, 0.2) is 0 Å². The number of aromatic nitrogens is 1. The van der Waals surface area contributed by atoms with Crippen LogP contribution >= 0.6 is 0 Å². The Bertz CT molecular complexity index is 865. The number of fused-ring (bicyclic) bond motifs is 1. The summed E-state index contributed by atoms with van der Waals surface area (Å²) in [6.07, 6.45) is 5.95. The summed E-state index contributed by atoms with van der Waals surface area (Å²) in [5.41, 5.74) is 4.81. The highest BCUT2D eigenvalue weighted by molar-refractivity contribution is 5.96. The third-order valence-corrected chi connectivity index (χ3v) is 6.37. The monoisotopic (exact) mass is 380 g/mol. The van der Waals surface area contributed by atoms with Crippen LogP contribution in [-0.2, 0) is 4.79 Å². The fourth-order valence-corrected chi connectivity index (χ4v) is 4.90. The predicted octanol–water partition coefficient (Wildman–Crippen LogP) is 3.28. The summed E-state index contributed by atoms with van der Waals surface area (Å²) in [5, 5.41) is 4.55. The molecule has 1 aromatic heterocycles. The van der Waals surface area contributed by atoms with Crippen LogP contribution in [0.1, 0.15) is 36.8 Å². The average Bonchev–Trinajstić information content (AvgIpc) is 3.11. The lowest BCUT2D eigenvalue weighted by molar-refractivity contribution is -0.122. The standard InChI is InChI=1S/C23H32N4O/c1-16-8-10-24-23-17(2)6-7-20(22(16)23)27-12-9-19(15-27)25-21(28)13-18-5-4-11-26(3)14-18/h6-8,10,18-19H,4-5,9,11-15H2,1-3H3,(H,25,28)/t18-,19-/m0/s1. The van der Waals surface area contributed by atoms with Gasteiger partial charge in [-0.1, -0.05) is 6.07 Å². The molecule has 2 aliphatic heterocycles. The van der Waals surface area contributed by atoms with E-state index in [4.69, 9.17) is 0 Å². The van der Waals surface area contributed by atoms with Gasteiger partial charge in [0.1, 0.15) is 0 Å². The SMILES string of the molecule is Cc1ccc(N2CC[C@H](NC(=O)C[C@@H]3CCCN(C)C3)C2)c2c(C)ccnc12. The van der Waals surface area contributed by atoms with Crippen LogP contribution < -0.4 is 10.2 Å². The van der Waals surface area contributed by atoms with Gasteiger partial charge >= 0.3 is 0 Å². The molecule has 150 valence electrons. The van der Waals surface area contributed by atoms with Gasteiger partial charge < -0.3 is 15.1 Å². The number of rotatable bonds is 4. The normalized spacial score (nSPS) is 23.3. The summed E-state index contributed by atoms with van der Waals surface area (Å²) < 4.78 is 0. The highest BCUT2D eigenvalue weighted by Crippen LogP contribution is 2.32. The summed E-state index contributed by atoms with van der Waals surface area (Å²) in [6.45, 7) is 8.34. The lowest BCUT2D eigenvalue weighted by atomic mass is 9.95. The van der Waals surface area contributed by atoms with Crippen molar-refractivity contribution in [2.24, 2.45) is 5.92 Å². The quantitative estimate of drug-likeness (QED) is 0.884. The van der Waals surface area contributed by atoms with E-state index in [0.717, 1.165) is 38.1 Å². The molecule has 0 spiro atoms. The van der Waals surface area contributed by atoms with Crippen molar-refractivity contribution in [1.29, 1.82) is 0 Å². The first kappa shape index (κ1) is 19.2. The van der Waals surface area contributed by atoms with Crippen molar-refractivity contribution in [1.82, 2.24) is 15.2 Å². The maximum Gasteiger partial charge on any atom is 0.220 e. The fraction of sp³-hybridized carbons (Fsp3) is 0.565. The van der Waals surface area contributed by atoms with Crippen LogP contribution in [0.25, 0.3) is 10.9 Å². The minimum absolute atomic E-state index is 0.221. The van der Waals surface area contributed by atoms with Crippen LogP contribution in [0.3, 0.4) is 0 Å². The van der Waals surface area contributed by atoms with Crippen LogP contribution in [0.4, 0.5) is 5.69 Å². The van der Waals surface area contributed by atoms with E-state index in [2.05, 4.69) is 59.2 Å². The van der Waals surface area contributed by atoms with Gasteiger partial charge in [-0.25, -0.2) is 0 Å². The summed E-state index contributed by atoms with van der Waals surface area (Å²) in [5.74, 6) is 0.727. The van der Waals surface area contributed by atoms with Crippen molar-refractivity contribution >= 4 is 22.5 Å². The molecule has 0 unspecified atom stereocenters. The predicted molar refractivity (Wildman–Crippen MR) is 115 cm³/mol. The summed E-state index contributed by atoms with van der Waals surface area (Å²) in [7, 11) is 2.15. The Morgan fingerprint density at radius 3 is 2.82 bits per heavy atom. The number of carbonyl (C=O) groups is 1. The second-order valence-corrected chi connectivity index (χ2v) is 8.73. The number of amides is 1. The molecule has 5 nitrogen and oxygen atoms in total. The average molecular weight is 381 g/mol. The van der Waals surface area contributed by atoms with Crippen LogP contribution in [0.2, 0.25) is 0 Å². The number of hydrogen-bond donors (Lipinski definition) is 1. The molecular formula is C23H32N4O. The summed E-state index contributed by atoms with van der Waals surface area (Å²) in [4.78, 5) is 21.9. The molecule has 4 rings (SSSR count). The van der Waals surface area contributed by atoms with E-state index in [0.29, 0.717) is 12.3 Å². The number of nitrogens with one attached hydrogen (secondary N) is 1. The van der Waals surface area contributed by atoms with Crippen molar-refractivity contribution in [2.45, 2.75) is 45.6 Å². The van der Waals surface area contributed by atoms with Crippen molar-refractivity contribution in [3.8, 4) is 0 Å². The Morgan fingerprint density at radius 1 is 1.14 bits per heavy atom. The van der Waals surface area contributed by atoms with Gasteiger partial charge in [-0.15, -0.1) is 0 Å². The van der Waals surface area contributed by atoms with Crippen molar-refractivity contribution in [3.63, 3.8) is 0 Å². The van der Waals surface area contributed by atoms with Crippen LogP contribution in [0.15, 0.2) is 24.4 Å². The van der Waals surface area contributed by atoms with E-state index < -0.39 is 0 Å². The minimum atomic E-state index is 0.221. The molecule has 0 saturated carbocycles. The third kappa shape index (κ3) is 4.00. The van der Waals surface area contributed by atoms with E-state index >= 15 is 0 Å². The van der Waals surface area contributed by atoms with E-state index in [1.807, 2.05) is 6.20 Å². The lowest BCUT2D eigenvalue weighted by Gasteiger charge is -2.29. The molecule has 1 N–H and O–H groups in total. The Morgan fingerprint density at radius 2 is 2.00 bits per heavy atom. The number of nitrogens with zero attached hydrogens (tertiary/aromatic N) is 3. The van der Waals surface area contributed by atoms with Gasteiger partial charge in [0.2, 0.25) is 5.91 Å². The largest absolute Gasteiger partial charge is 0.369 e. The molecule has 28 heavy (non-hydrogen) atoms. The zero-order chi connectivity index (χ0) is 19.7. The molecule has 0 radical (unpaired) electrons. The highest BCUT2D eigenvalue weighted by Gasteiger charge is 2.27. The Kier molecular flexibility index (Phi) is 5.54. The Labute approximate surface area is 168 Å². The fourth-order valence-electron chi connectivity index (χ4n) is 4.90. The smallest absolute Gasteiger partial charge is 0.220 e. The second-order valence-electron chi connectivity index (χ2n) is 8.73. The highest BCUT2D eigenvalue weighted by atomic mass is 16.1. The Hall–Kier alpha value is -2.14. The Balaban J connectivity index is 1.41. The number of anilines is 1. The molecule has 5 heteroatoms. The number of aryl methyl sites for hydroxylation is 2. The number of piperidine rings is 1. The van der Waals surface area contributed by atoms with Gasteiger partial charge in [-0.3, -0.25) is 9.78 Å². The van der Waals surface area contributed by atoms with Crippen molar-refractivity contribution in [3.05, 3.63) is 35.5 Å². The second kappa shape index (κ2) is 8.08. The van der Waals surface area contributed by atoms with E-state index in [1.165, 1.54) is 35.0 Å². The van der Waals surface area contributed by atoms with Gasteiger partial charge in [-0.2, -0.15) is 0 Å². The number of likely N-dealkylation sites (tertiary alicyclic amines) is 1. The van der Waals surface area contributed by atoms with E-state index in [-0.39, 0.29) is 11.9 Å². The molecule has 3 heterocycles. The van der Waals surface area contributed by atoms with E-state index in [9.17, 15) is 4.79 Å². The molecular weight excluding hydrogens is 348 g/mol. The molecule has 0 aliphatic carbocycles. The summed E-state index contributed by atoms with van der Waals surface area (Å²) >= 11 is 0. The molecule has 1 amide bonds. The zero-order valence-corrected chi connectivity index (χ0v) is 17.4. The number of carbonyl (C=O) groups excluding carboxylic acids is 1. The molecule has 2 atom stereocenters. The zero-order valence-electron chi connectivity index (χ0n) is 17.4. The third-order valence-electron chi connectivity index (χ3n) is 6.37. The molecule has 1 aromatic carbocycles. The van der Waals surface area contributed by atoms with Crippen LogP contribution in [-0.4, -0.2) is 55.1 Å². The summed E-state index contributed by atoms with van der Waals surface area (Å²) in [6, 6.07) is 6.70. The molecule has 2 fully saturated rings. The molecule has 2 saturated heterocycles.